The van der Waals surface area contributed by atoms with Gasteiger partial charge in [-0.2, -0.15) is 5.26 Å². The lowest BCUT2D eigenvalue weighted by Gasteiger charge is -2.38. The quantitative estimate of drug-likeness (QED) is 0.839. The maximum atomic E-state index is 12.2. The Bertz CT molecular complexity index is 603. The van der Waals surface area contributed by atoms with Gasteiger partial charge in [0.25, 0.3) is 0 Å². The van der Waals surface area contributed by atoms with Crippen molar-refractivity contribution in [1.29, 1.82) is 5.26 Å². The first kappa shape index (κ1) is 17.1. The van der Waals surface area contributed by atoms with Crippen LogP contribution in [0, 0.1) is 11.3 Å². The molecule has 0 spiro atoms. The van der Waals surface area contributed by atoms with Gasteiger partial charge in [-0.25, -0.2) is 9.78 Å². The summed E-state index contributed by atoms with van der Waals surface area (Å²) in [6.45, 7) is 7.16. The molecule has 1 aliphatic rings. The Labute approximate surface area is 137 Å². The zero-order valence-electron chi connectivity index (χ0n) is 14.2. The summed E-state index contributed by atoms with van der Waals surface area (Å²) in [5, 5.41) is 9.02. The van der Waals surface area contributed by atoms with Gasteiger partial charge in [-0.1, -0.05) is 0 Å². The predicted molar refractivity (Wildman–Crippen MR) is 88.2 cm³/mol. The third-order valence-electron chi connectivity index (χ3n) is 3.82. The molecule has 1 atom stereocenters. The second-order valence-electron chi connectivity index (χ2n) is 6.85. The molecule has 1 aliphatic heterocycles. The van der Waals surface area contributed by atoms with Crippen LogP contribution in [0.1, 0.15) is 39.2 Å². The lowest BCUT2D eigenvalue weighted by Crippen LogP contribution is -2.50. The van der Waals surface area contributed by atoms with Gasteiger partial charge >= 0.3 is 6.09 Å². The van der Waals surface area contributed by atoms with Crippen LogP contribution in [0.3, 0.4) is 0 Å². The largest absolute Gasteiger partial charge is 0.444 e. The van der Waals surface area contributed by atoms with Crippen molar-refractivity contribution in [1.82, 2.24) is 9.88 Å². The summed E-state index contributed by atoms with van der Waals surface area (Å²) in [5.74, 6) is 0.784. The smallest absolute Gasteiger partial charge is 0.410 e. The Balaban J connectivity index is 2.05. The van der Waals surface area contributed by atoms with Gasteiger partial charge in [0.2, 0.25) is 0 Å². The molecule has 1 fully saturated rings. The van der Waals surface area contributed by atoms with Crippen LogP contribution >= 0.6 is 0 Å². The third-order valence-corrected chi connectivity index (χ3v) is 3.82. The van der Waals surface area contributed by atoms with E-state index in [9.17, 15) is 4.79 Å². The summed E-state index contributed by atoms with van der Waals surface area (Å²) in [6, 6.07) is 5.69. The van der Waals surface area contributed by atoms with Crippen molar-refractivity contribution in [2.45, 2.75) is 45.3 Å². The second kappa shape index (κ2) is 6.86. The number of ether oxygens (including phenoxy) is 1. The molecule has 0 radical (unpaired) electrons. The average molecular weight is 316 g/mol. The first-order chi connectivity index (χ1) is 10.8. The minimum absolute atomic E-state index is 0.0751. The fourth-order valence-corrected chi connectivity index (χ4v) is 2.62. The number of hydrogen-bond acceptors (Lipinski definition) is 5. The van der Waals surface area contributed by atoms with Crippen LogP contribution in [0.5, 0.6) is 0 Å². The van der Waals surface area contributed by atoms with Crippen molar-refractivity contribution in [2.75, 3.05) is 25.0 Å². The predicted octanol–water partition coefficient (Wildman–Crippen LogP) is 2.79. The van der Waals surface area contributed by atoms with Crippen molar-refractivity contribution >= 4 is 11.9 Å². The highest BCUT2D eigenvalue weighted by atomic mass is 16.6. The molecule has 1 aromatic rings. The zero-order valence-corrected chi connectivity index (χ0v) is 14.2. The third kappa shape index (κ3) is 4.59. The highest BCUT2D eigenvalue weighted by Crippen LogP contribution is 2.22. The molecule has 6 heteroatoms. The lowest BCUT2D eigenvalue weighted by molar-refractivity contribution is 0.0209. The molecule has 0 bridgehead atoms. The first-order valence-electron chi connectivity index (χ1n) is 7.87. The molecule has 23 heavy (non-hydrogen) atoms. The molecule has 0 aliphatic carbocycles. The molecule has 6 nitrogen and oxygen atoms in total. The van der Waals surface area contributed by atoms with Gasteiger partial charge in [-0.15, -0.1) is 0 Å². The van der Waals surface area contributed by atoms with Crippen molar-refractivity contribution in [3.05, 3.63) is 23.9 Å². The molecule has 0 aromatic carbocycles. The van der Waals surface area contributed by atoms with Gasteiger partial charge in [0, 0.05) is 26.3 Å². The van der Waals surface area contributed by atoms with E-state index in [-0.39, 0.29) is 12.1 Å². The summed E-state index contributed by atoms with van der Waals surface area (Å²) < 4.78 is 5.44. The zero-order chi connectivity index (χ0) is 17.0. The van der Waals surface area contributed by atoms with Crippen LogP contribution in [0.15, 0.2) is 18.3 Å². The van der Waals surface area contributed by atoms with E-state index in [1.807, 2.05) is 20.8 Å². The van der Waals surface area contributed by atoms with Crippen LogP contribution in [-0.2, 0) is 4.74 Å². The summed E-state index contributed by atoms with van der Waals surface area (Å²) in [6.07, 6.45) is 3.25. The molecule has 2 heterocycles. The number of carbonyl (C=O) groups is 1. The van der Waals surface area contributed by atoms with E-state index in [2.05, 4.69) is 16.0 Å². The van der Waals surface area contributed by atoms with E-state index in [0.29, 0.717) is 12.1 Å². The van der Waals surface area contributed by atoms with E-state index in [0.717, 1.165) is 25.2 Å². The minimum atomic E-state index is -0.498. The number of amides is 1. The van der Waals surface area contributed by atoms with Crippen molar-refractivity contribution in [2.24, 2.45) is 0 Å². The monoisotopic (exact) mass is 316 g/mol. The van der Waals surface area contributed by atoms with Gasteiger partial charge in [-0.05, 0) is 45.7 Å². The van der Waals surface area contributed by atoms with E-state index in [1.165, 1.54) is 0 Å². The maximum absolute atomic E-state index is 12.2. The molecule has 1 unspecified atom stereocenters. The molecular formula is C17H24N4O2. The molecule has 0 N–H and O–H groups in total. The highest BCUT2D eigenvalue weighted by Gasteiger charge is 2.29. The fourth-order valence-electron chi connectivity index (χ4n) is 2.62. The van der Waals surface area contributed by atoms with Gasteiger partial charge in [0.1, 0.15) is 11.4 Å². The molecule has 0 saturated carbocycles. The Morgan fingerprint density at radius 1 is 1.52 bits per heavy atom. The van der Waals surface area contributed by atoms with Crippen LogP contribution in [0.4, 0.5) is 10.6 Å². The van der Waals surface area contributed by atoms with Crippen molar-refractivity contribution < 1.29 is 9.53 Å². The standard InChI is InChI=1S/C17H24N4O2/c1-17(2,3)23-16(22)20(4)14-6-5-9-21(12-14)15-10-13(11-18)7-8-19-15/h7-8,10,14H,5-6,9,12H2,1-4H3. The molecule has 1 amide bonds. The van der Waals surface area contributed by atoms with E-state index >= 15 is 0 Å². The number of anilines is 1. The van der Waals surface area contributed by atoms with E-state index in [1.54, 1.807) is 30.3 Å². The molecule has 1 saturated heterocycles. The number of nitrogens with zero attached hydrogens (tertiary/aromatic N) is 4. The van der Waals surface area contributed by atoms with E-state index in [4.69, 9.17) is 10.00 Å². The van der Waals surface area contributed by atoms with Gasteiger partial charge in [0.05, 0.1) is 17.7 Å². The molecular weight excluding hydrogens is 292 g/mol. The topological polar surface area (TPSA) is 69.5 Å². The van der Waals surface area contributed by atoms with Crippen molar-refractivity contribution in [3.63, 3.8) is 0 Å². The van der Waals surface area contributed by atoms with Crippen LogP contribution < -0.4 is 4.90 Å². The Morgan fingerprint density at radius 2 is 2.26 bits per heavy atom. The van der Waals surface area contributed by atoms with Crippen LogP contribution in [0.2, 0.25) is 0 Å². The van der Waals surface area contributed by atoms with Gasteiger partial charge < -0.3 is 14.5 Å². The number of nitriles is 1. The number of pyridine rings is 1. The summed E-state index contributed by atoms with van der Waals surface area (Å²) in [7, 11) is 1.78. The Hall–Kier alpha value is -2.29. The summed E-state index contributed by atoms with van der Waals surface area (Å²) in [4.78, 5) is 20.4. The van der Waals surface area contributed by atoms with Crippen LogP contribution in [-0.4, -0.2) is 47.8 Å². The van der Waals surface area contributed by atoms with Crippen LogP contribution in [0.25, 0.3) is 0 Å². The first-order valence-corrected chi connectivity index (χ1v) is 7.87. The highest BCUT2D eigenvalue weighted by molar-refractivity contribution is 5.68. The lowest BCUT2D eigenvalue weighted by atomic mass is 10.0. The normalized spacial score (nSPS) is 18.2. The number of carbonyl (C=O) groups excluding carboxylic acids is 1. The molecule has 124 valence electrons. The number of aromatic nitrogens is 1. The number of rotatable bonds is 2. The average Bonchev–Trinajstić information content (AvgIpc) is 2.52. The number of piperidine rings is 1. The molecule has 1 aromatic heterocycles. The molecule has 2 rings (SSSR count). The number of likely N-dealkylation sites (N-methyl/N-ethyl adjacent to an activating group) is 1. The van der Waals surface area contributed by atoms with Gasteiger partial charge in [0.15, 0.2) is 0 Å². The van der Waals surface area contributed by atoms with Gasteiger partial charge in [-0.3, -0.25) is 0 Å². The van der Waals surface area contributed by atoms with Crippen molar-refractivity contribution in [3.8, 4) is 6.07 Å². The summed E-state index contributed by atoms with van der Waals surface area (Å²) >= 11 is 0. The summed E-state index contributed by atoms with van der Waals surface area (Å²) in [5.41, 5.74) is 0.0974. The fraction of sp³-hybridized carbons (Fsp3) is 0.588. The minimum Gasteiger partial charge on any atom is -0.444 e. The SMILES string of the molecule is CN(C(=O)OC(C)(C)C)C1CCCN(c2cc(C#N)ccn2)C1. The van der Waals surface area contributed by atoms with E-state index < -0.39 is 5.60 Å². The second-order valence-corrected chi connectivity index (χ2v) is 6.85. The number of hydrogen-bond donors (Lipinski definition) is 0. The Kier molecular flexibility index (Phi) is 5.09. The Morgan fingerprint density at radius 3 is 2.91 bits per heavy atom. The maximum Gasteiger partial charge on any atom is 0.410 e.